The molecule has 1 rings (SSSR count). The molecule has 4 heteroatoms. The summed E-state index contributed by atoms with van der Waals surface area (Å²) in [6, 6.07) is 6.21. The number of aryl methyl sites for hydroxylation is 1. The number of hydrogen-bond acceptors (Lipinski definition) is 4. The minimum absolute atomic E-state index is 0.357. The Morgan fingerprint density at radius 2 is 1.79 bits per heavy atom. The van der Waals surface area contributed by atoms with Gasteiger partial charge in [-0.25, -0.2) is 0 Å². The monoisotopic (exact) mass is 262 g/mol. The first-order chi connectivity index (χ1) is 8.93. The molecule has 0 heterocycles. The molecule has 0 aliphatic heterocycles. The molecular formula is C15H22N2O2. The highest BCUT2D eigenvalue weighted by Gasteiger charge is 2.16. The van der Waals surface area contributed by atoms with Gasteiger partial charge in [-0.2, -0.15) is 5.26 Å². The summed E-state index contributed by atoms with van der Waals surface area (Å²) in [6.45, 7) is 7.23. The van der Waals surface area contributed by atoms with Crippen LogP contribution in [0.1, 0.15) is 25.0 Å². The fourth-order valence-corrected chi connectivity index (χ4v) is 1.76. The van der Waals surface area contributed by atoms with E-state index in [2.05, 4.69) is 11.4 Å². The molecule has 0 aliphatic carbocycles. The minimum atomic E-state index is -0.357. The largest absolute Gasteiger partial charge is 0.493 e. The number of ether oxygens (including phenoxy) is 2. The van der Waals surface area contributed by atoms with Crippen molar-refractivity contribution in [3.63, 3.8) is 0 Å². The maximum absolute atomic E-state index is 8.97. The molecule has 0 aliphatic rings. The molecule has 4 nitrogen and oxygen atoms in total. The lowest BCUT2D eigenvalue weighted by atomic mass is 9.96. The second-order valence-electron chi connectivity index (χ2n) is 5.23. The van der Waals surface area contributed by atoms with Crippen molar-refractivity contribution in [3.05, 3.63) is 23.3 Å². The van der Waals surface area contributed by atoms with E-state index in [4.69, 9.17) is 14.7 Å². The highest BCUT2D eigenvalue weighted by molar-refractivity contribution is 5.47. The normalized spacial score (nSPS) is 10.9. The van der Waals surface area contributed by atoms with Gasteiger partial charge in [0.05, 0.1) is 25.7 Å². The van der Waals surface area contributed by atoms with Crippen molar-refractivity contribution < 1.29 is 9.47 Å². The SMILES string of the molecule is COc1cc(C)c(CNCC(C)(C)C#N)cc1OC. The van der Waals surface area contributed by atoms with Crippen LogP contribution in [0.2, 0.25) is 0 Å². The molecule has 0 bridgehead atoms. The lowest BCUT2D eigenvalue weighted by Crippen LogP contribution is -2.27. The Morgan fingerprint density at radius 3 is 2.32 bits per heavy atom. The van der Waals surface area contributed by atoms with Gasteiger partial charge < -0.3 is 14.8 Å². The zero-order chi connectivity index (χ0) is 14.5. The molecule has 0 saturated carbocycles. The van der Waals surface area contributed by atoms with Crippen molar-refractivity contribution in [1.29, 1.82) is 5.26 Å². The second kappa shape index (κ2) is 6.44. The molecule has 0 atom stereocenters. The predicted molar refractivity (Wildman–Crippen MR) is 75.4 cm³/mol. The molecule has 0 aromatic heterocycles. The molecule has 1 N–H and O–H groups in total. The number of rotatable bonds is 6. The van der Waals surface area contributed by atoms with Crippen LogP contribution < -0.4 is 14.8 Å². The smallest absolute Gasteiger partial charge is 0.161 e. The van der Waals surface area contributed by atoms with Gasteiger partial charge in [0.1, 0.15) is 0 Å². The molecule has 0 radical (unpaired) electrons. The van der Waals surface area contributed by atoms with Gasteiger partial charge in [-0.1, -0.05) is 0 Å². The third-order valence-corrected chi connectivity index (χ3v) is 3.03. The van der Waals surface area contributed by atoms with Crippen molar-refractivity contribution in [3.8, 4) is 17.6 Å². The van der Waals surface area contributed by atoms with E-state index < -0.39 is 0 Å². The van der Waals surface area contributed by atoms with Gasteiger partial charge in [0.25, 0.3) is 0 Å². The van der Waals surface area contributed by atoms with E-state index in [0.717, 1.165) is 22.6 Å². The zero-order valence-electron chi connectivity index (χ0n) is 12.3. The van der Waals surface area contributed by atoms with E-state index >= 15 is 0 Å². The number of nitrogens with one attached hydrogen (secondary N) is 1. The Morgan fingerprint density at radius 1 is 1.21 bits per heavy atom. The summed E-state index contributed by atoms with van der Waals surface area (Å²) in [6.07, 6.45) is 0. The summed E-state index contributed by atoms with van der Waals surface area (Å²) >= 11 is 0. The Labute approximate surface area is 115 Å². The van der Waals surface area contributed by atoms with Crippen LogP contribution in [0, 0.1) is 23.7 Å². The number of hydrogen-bond donors (Lipinski definition) is 1. The van der Waals surface area contributed by atoms with Crippen LogP contribution in [-0.4, -0.2) is 20.8 Å². The lowest BCUT2D eigenvalue weighted by Gasteiger charge is -2.17. The Hall–Kier alpha value is -1.73. The molecular weight excluding hydrogens is 240 g/mol. The molecule has 104 valence electrons. The van der Waals surface area contributed by atoms with Gasteiger partial charge in [-0.3, -0.25) is 0 Å². The van der Waals surface area contributed by atoms with E-state index in [1.165, 1.54) is 0 Å². The Balaban J connectivity index is 2.77. The van der Waals surface area contributed by atoms with Gasteiger partial charge in [-0.15, -0.1) is 0 Å². The summed E-state index contributed by atoms with van der Waals surface area (Å²) in [5.74, 6) is 1.46. The number of methoxy groups -OCH3 is 2. The van der Waals surface area contributed by atoms with Gasteiger partial charge >= 0.3 is 0 Å². The fourth-order valence-electron chi connectivity index (χ4n) is 1.76. The fraction of sp³-hybridized carbons (Fsp3) is 0.533. The Bertz CT molecular complexity index is 476. The summed E-state index contributed by atoms with van der Waals surface area (Å²) < 4.78 is 10.6. The minimum Gasteiger partial charge on any atom is -0.493 e. The molecule has 1 aromatic rings. The summed E-state index contributed by atoms with van der Waals surface area (Å²) in [7, 11) is 3.26. The molecule has 1 aromatic carbocycles. The van der Waals surface area contributed by atoms with Crippen molar-refractivity contribution in [2.75, 3.05) is 20.8 Å². The standard InChI is InChI=1S/C15H22N2O2/c1-11-6-13(18-4)14(19-5)7-12(11)8-17-10-15(2,3)9-16/h6-7,17H,8,10H2,1-5H3. The van der Waals surface area contributed by atoms with Crippen LogP contribution in [0.25, 0.3) is 0 Å². The van der Waals surface area contributed by atoms with Crippen molar-refractivity contribution in [1.82, 2.24) is 5.32 Å². The maximum atomic E-state index is 8.97. The molecule has 0 saturated heterocycles. The van der Waals surface area contributed by atoms with Crippen molar-refractivity contribution in [2.45, 2.75) is 27.3 Å². The maximum Gasteiger partial charge on any atom is 0.161 e. The van der Waals surface area contributed by atoms with Crippen LogP contribution >= 0.6 is 0 Å². The van der Waals surface area contributed by atoms with Crippen LogP contribution in [0.4, 0.5) is 0 Å². The first-order valence-electron chi connectivity index (χ1n) is 6.27. The van der Waals surface area contributed by atoms with Gasteiger partial charge in [0.2, 0.25) is 0 Å². The van der Waals surface area contributed by atoms with Gasteiger partial charge in [0.15, 0.2) is 11.5 Å². The highest BCUT2D eigenvalue weighted by Crippen LogP contribution is 2.30. The average molecular weight is 262 g/mol. The zero-order valence-corrected chi connectivity index (χ0v) is 12.3. The van der Waals surface area contributed by atoms with E-state index in [0.29, 0.717) is 13.1 Å². The lowest BCUT2D eigenvalue weighted by molar-refractivity contribution is 0.354. The third-order valence-electron chi connectivity index (χ3n) is 3.03. The van der Waals surface area contributed by atoms with E-state index in [-0.39, 0.29) is 5.41 Å². The number of benzene rings is 1. The van der Waals surface area contributed by atoms with Crippen LogP contribution in [0.5, 0.6) is 11.5 Å². The van der Waals surface area contributed by atoms with Crippen LogP contribution in [0.3, 0.4) is 0 Å². The van der Waals surface area contributed by atoms with E-state index in [9.17, 15) is 0 Å². The van der Waals surface area contributed by atoms with E-state index in [1.807, 2.05) is 32.9 Å². The van der Waals surface area contributed by atoms with Gasteiger partial charge in [0, 0.05) is 13.1 Å². The number of nitrogens with zero attached hydrogens (tertiary/aromatic N) is 1. The highest BCUT2D eigenvalue weighted by atomic mass is 16.5. The average Bonchev–Trinajstić information content (AvgIpc) is 2.40. The van der Waals surface area contributed by atoms with E-state index in [1.54, 1.807) is 14.2 Å². The predicted octanol–water partition coefficient (Wildman–Crippen LogP) is 2.65. The first kappa shape index (κ1) is 15.3. The first-order valence-corrected chi connectivity index (χ1v) is 6.27. The van der Waals surface area contributed by atoms with Crippen LogP contribution in [-0.2, 0) is 6.54 Å². The topological polar surface area (TPSA) is 54.3 Å². The van der Waals surface area contributed by atoms with Crippen molar-refractivity contribution >= 4 is 0 Å². The molecule has 0 unspecified atom stereocenters. The molecule has 0 fully saturated rings. The summed E-state index contributed by atoms with van der Waals surface area (Å²) in [5.41, 5.74) is 1.93. The Kier molecular flexibility index (Phi) is 5.20. The summed E-state index contributed by atoms with van der Waals surface area (Å²) in [5, 5.41) is 12.3. The second-order valence-corrected chi connectivity index (χ2v) is 5.23. The quantitative estimate of drug-likeness (QED) is 0.856. The van der Waals surface area contributed by atoms with Crippen molar-refractivity contribution in [2.24, 2.45) is 5.41 Å². The van der Waals surface area contributed by atoms with Gasteiger partial charge in [-0.05, 0) is 44.0 Å². The third kappa shape index (κ3) is 4.15. The number of nitriles is 1. The van der Waals surface area contributed by atoms with Crippen LogP contribution in [0.15, 0.2) is 12.1 Å². The molecule has 0 amide bonds. The molecule has 19 heavy (non-hydrogen) atoms. The summed E-state index contributed by atoms with van der Waals surface area (Å²) in [4.78, 5) is 0. The molecule has 0 spiro atoms.